The molecule has 1 unspecified atom stereocenters. The van der Waals surface area contributed by atoms with Crippen LogP contribution in [0.25, 0.3) is 0 Å². The number of aromatic hydroxyl groups is 1. The van der Waals surface area contributed by atoms with Crippen LogP contribution in [0.1, 0.15) is 36.4 Å². The van der Waals surface area contributed by atoms with Crippen molar-refractivity contribution in [1.82, 2.24) is 20.4 Å². The second-order valence-electron chi connectivity index (χ2n) is 6.38. The van der Waals surface area contributed by atoms with Gasteiger partial charge in [-0.05, 0) is 57.4 Å². The van der Waals surface area contributed by atoms with Gasteiger partial charge in [0.2, 0.25) is 0 Å². The first kappa shape index (κ1) is 18.8. The smallest absolute Gasteiger partial charge is 0.191 e. The van der Waals surface area contributed by atoms with Crippen LogP contribution in [0.4, 0.5) is 0 Å². The third-order valence-electron chi connectivity index (χ3n) is 4.25. The fraction of sp³-hybridized carbons (Fsp3) is 0.474. The van der Waals surface area contributed by atoms with Crippen LogP contribution in [-0.2, 0) is 20.0 Å². The van der Waals surface area contributed by atoms with E-state index in [1.165, 1.54) is 11.3 Å². The van der Waals surface area contributed by atoms with Crippen molar-refractivity contribution in [2.75, 3.05) is 6.54 Å². The molecule has 0 aliphatic heterocycles. The molecule has 0 bridgehead atoms. The van der Waals surface area contributed by atoms with Crippen LogP contribution in [0, 0.1) is 13.8 Å². The highest BCUT2D eigenvalue weighted by Gasteiger charge is 2.14. The quantitative estimate of drug-likeness (QED) is 0.556. The van der Waals surface area contributed by atoms with Crippen LogP contribution >= 0.6 is 0 Å². The normalized spacial score (nSPS) is 12.9. The second kappa shape index (κ2) is 8.55. The number of rotatable bonds is 6. The Morgan fingerprint density at radius 1 is 1.28 bits per heavy atom. The van der Waals surface area contributed by atoms with Gasteiger partial charge in [-0.2, -0.15) is 5.10 Å². The van der Waals surface area contributed by atoms with Gasteiger partial charge >= 0.3 is 0 Å². The van der Waals surface area contributed by atoms with Crippen molar-refractivity contribution in [3.05, 3.63) is 46.8 Å². The van der Waals surface area contributed by atoms with Crippen molar-refractivity contribution < 1.29 is 5.11 Å². The molecule has 0 amide bonds. The number of hydrogen-bond acceptors (Lipinski definition) is 3. The molecule has 2 rings (SSSR count). The summed E-state index contributed by atoms with van der Waals surface area (Å²) in [5.74, 6) is 1.07. The van der Waals surface area contributed by atoms with E-state index in [0.717, 1.165) is 30.2 Å². The van der Waals surface area contributed by atoms with Gasteiger partial charge in [0.1, 0.15) is 5.75 Å². The minimum Gasteiger partial charge on any atom is -0.508 e. The monoisotopic (exact) mass is 343 g/mol. The van der Waals surface area contributed by atoms with Gasteiger partial charge in [-0.15, -0.1) is 0 Å². The summed E-state index contributed by atoms with van der Waals surface area (Å²) >= 11 is 0. The summed E-state index contributed by atoms with van der Waals surface area (Å²) in [6, 6.07) is 7.37. The molecule has 3 N–H and O–H groups in total. The number of hydrogen-bond donors (Lipinski definition) is 3. The molecule has 1 aromatic heterocycles. The zero-order valence-corrected chi connectivity index (χ0v) is 15.8. The van der Waals surface area contributed by atoms with Crippen LogP contribution in [-0.4, -0.2) is 33.4 Å². The van der Waals surface area contributed by atoms with E-state index in [-0.39, 0.29) is 11.8 Å². The summed E-state index contributed by atoms with van der Waals surface area (Å²) in [6.45, 7) is 9.73. The van der Waals surface area contributed by atoms with E-state index in [0.29, 0.717) is 6.54 Å². The zero-order chi connectivity index (χ0) is 18.4. The average molecular weight is 343 g/mol. The molecular weight excluding hydrogens is 314 g/mol. The molecule has 1 aromatic carbocycles. The Hall–Kier alpha value is -2.50. The number of aliphatic imine (C=N–C) groups is 1. The van der Waals surface area contributed by atoms with Gasteiger partial charge in [0.25, 0.3) is 0 Å². The standard InChI is InChI=1S/C19H29N5O/c1-6-20-19(21-12-16-7-9-17(25)10-8-16)22-13(2)11-18-14(3)23-24(5)15(18)4/h7-10,13,25H,6,11-12H2,1-5H3,(H2,20,21,22). The van der Waals surface area contributed by atoms with Crippen LogP contribution in [0.3, 0.4) is 0 Å². The lowest BCUT2D eigenvalue weighted by molar-refractivity contribution is 0.475. The molecule has 0 radical (unpaired) electrons. The van der Waals surface area contributed by atoms with Crippen molar-refractivity contribution in [2.45, 2.75) is 46.7 Å². The molecule has 1 atom stereocenters. The molecule has 0 saturated heterocycles. The number of phenols is 1. The highest BCUT2D eigenvalue weighted by molar-refractivity contribution is 5.80. The first-order valence-corrected chi connectivity index (χ1v) is 8.72. The summed E-state index contributed by atoms with van der Waals surface area (Å²) in [5.41, 5.74) is 4.63. The highest BCUT2D eigenvalue weighted by atomic mass is 16.3. The number of nitrogens with one attached hydrogen (secondary N) is 2. The lowest BCUT2D eigenvalue weighted by atomic mass is 10.1. The maximum atomic E-state index is 9.36. The van der Waals surface area contributed by atoms with Gasteiger partial charge < -0.3 is 15.7 Å². The van der Waals surface area contributed by atoms with Crippen molar-refractivity contribution in [1.29, 1.82) is 0 Å². The van der Waals surface area contributed by atoms with E-state index < -0.39 is 0 Å². The summed E-state index contributed by atoms with van der Waals surface area (Å²) in [4.78, 5) is 4.64. The molecule has 2 aromatic rings. The number of aromatic nitrogens is 2. The fourth-order valence-corrected chi connectivity index (χ4v) is 2.80. The number of phenolic OH excluding ortho intramolecular Hbond substituents is 1. The third kappa shape index (κ3) is 5.24. The predicted molar refractivity (Wildman–Crippen MR) is 102 cm³/mol. The summed E-state index contributed by atoms with van der Waals surface area (Å²) in [7, 11) is 1.98. The van der Waals surface area contributed by atoms with Gasteiger partial charge in [0.15, 0.2) is 5.96 Å². The topological polar surface area (TPSA) is 74.5 Å². The Bertz CT molecular complexity index is 718. The van der Waals surface area contributed by atoms with E-state index in [9.17, 15) is 5.11 Å². The predicted octanol–water partition coefficient (Wildman–Crippen LogP) is 2.43. The Balaban J connectivity index is 2.01. The first-order chi connectivity index (χ1) is 11.9. The van der Waals surface area contributed by atoms with E-state index in [2.05, 4.69) is 48.4 Å². The molecule has 0 aliphatic rings. The number of guanidine groups is 1. The largest absolute Gasteiger partial charge is 0.508 e. The number of aryl methyl sites for hydroxylation is 2. The maximum absolute atomic E-state index is 9.36. The van der Waals surface area contributed by atoms with E-state index in [1.807, 2.05) is 23.9 Å². The van der Waals surface area contributed by atoms with Gasteiger partial charge in [0, 0.05) is 25.3 Å². The third-order valence-corrected chi connectivity index (χ3v) is 4.25. The second-order valence-corrected chi connectivity index (χ2v) is 6.38. The lowest BCUT2D eigenvalue weighted by Crippen LogP contribution is -2.43. The zero-order valence-electron chi connectivity index (χ0n) is 15.8. The van der Waals surface area contributed by atoms with Crippen molar-refractivity contribution in [2.24, 2.45) is 12.0 Å². The van der Waals surface area contributed by atoms with Crippen LogP contribution in [0.15, 0.2) is 29.3 Å². The summed E-state index contributed by atoms with van der Waals surface area (Å²) < 4.78 is 1.93. The Morgan fingerprint density at radius 3 is 2.52 bits per heavy atom. The molecule has 0 saturated carbocycles. The van der Waals surface area contributed by atoms with Gasteiger partial charge in [-0.3, -0.25) is 4.68 Å². The molecular formula is C19H29N5O. The molecule has 6 heteroatoms. The Kier molecular flexibility index (Phi) is 6.44. The van der Waals surface area contributed by atoms with Gasteiger partial charge in [0.05, 0.1) is 12.2 Å². The SMILES string of the molecule is CCNC(=NCc1ccc(O)cc1)NC(C)Cc1c(C)nn(C)c1C. The highest BCUT2D eigenvalue weighted by Crippen LogP contribution is 2.14. The van der Waals surface area contributed by atoms with E-state index in [4.69, 9.17) is 0 Å². The van der Waals surface area contributed by atoms with Gasteiger partial charge in [-0.1, -0.05) is 12.1 Å². The molecule has 0 spiro atoms. The van der Waals surface area contributed by atoms with Crippen LogP contribution < -0.4 is 10.6 Å². The first-order valence-electron chi connectivity index (χ1n) is 8.72. The van der Waals surface area contributed by atoms with Crippen molar-refractivity contribution in [3.63, 3.8) is 0 Å². The number of benzene rings is 1. The molecule has 0 fully saturated rings. The molecule has 25 heavy (non-hydrogen) atoms. The van der Waals surface area contributed by atoms with E-state index in [1.54, 1.807) is 12.1 Å². The number of nitrogens with zero attached hydrogens (tertiary/aromatic N) is 3. The Labute approximate surface area is 150 Å². The molecule has 1 heterocycles. The van der Waals surface area contributed by atoms with Crippen molar-refractivity contribution >= 4 is 5.96 Å². The summed E-state index contributed by atoms with van der Waals surface area (Å²) in [5, 5.41) is 20.6. The van der Waals surface area contributed by atoms with Crippen LogP contribution in [0.5, 0.6) is 5.75 Å². The summed E-state index contributed by atoms with van der Waals surface area (Å²) in [6.07, 6.45) is 0.898. The lowest BCUT2D eigenvalue weighted by Gasteiger charge is -2.18. The van der Waals surface area contributed by atoms with Gasteiger partial charge in [-0.25, -0.2) is 4.99 Å². The molecule has 136 valence electrons. The minimum atomic E-state index is 0.235. The molecule has 6 nitrogen and oxygen atoms in total. The fourth-order valence-electron chi connectivity index (χ4n) is 2.80. The minimum absolute atomic E-state index is 0.235. The Morgan fingerprint density at radius 2 is 1.96 bits per heavy atom. The molecule has 0 aliphatic carbocycles. The average Bonchev–Trinajstić information content (AvgIpc) is 2.80. The van der Waals surface area contributed by atoms with Crippen LogP contribution in [0.2, 0.25) is 0 Å². The maximum Gasteiger partial charge on any atom is 0.191 e. The van der Waals surface area contributed by atoms with E-state index >= 15 is 0 Å². The van der Waals surface area contributed by atoms with Crippen molar-refractivity contribution in [3.8, 4) is 5.75 Å².